The minimum atomic E-state index is -0.466. The second-order valence-corrected chi connectivity index (χ2v) is 4.07. The molecule has 0 atom stereocenters. The number of carbonyl (C=O) groups excluding carboxylic acids is 1. The SMILES string of the molecule is CCOCOc1cc(C(N)=O)c(C)cc1Br. The molecule has 4 nitrogen and oxygen atoms in total. The van der Waals surface area contributed by atoms with E-state index in [-0.39, 0.29) is 6.79 Å². The standard InChI is InChI=1S/C11H14BrNO3/c1-3-15-6-16-10-5-8(11(13)14)7(2)4-9(10)12/h4-5H,3,6H2,1-2H3,(H2,13,14). The van der Waals surface area contributed by atoms with Crippen LogP contribution in [0.15, 0.2) is 16.6 Å². The lowest BCUT2D eigenvalue weighted by atomic mass is 10.1. The first-order valence-electron chi connectivity index (χ1n) is 4.86. The summed E-state index contributed by atoms with van der Waals surface area (Å²) in [4.78, 5) is 11.1. The van der Waals surface area contributed by atoms with Crippen LogP contribution >= 0.6 is 15.9 Å². The summed E-state index contributed by atoms with van der Waals surface area (Å²) in [6.07, 6.45) is 0. The summed E-state index contributed by atoms with van der Waals surface area (Å²) in [5.41, 5.74) is 6.51. The van der Waals surface area contributed by atoms with Crippen molar-refractivity contribution in [3.8, 4) is 5.75 Å². The van der Waals surface area contributed by atoms with Crippen LogP contribution in [0, 0.1) is 6.92 Å². The second kappa shape index (κ2) is 5.86. The molecule has 0 heterocycles. The van der Waals surface area contributed by atoms with Crippen molar-refractivity contribution in [1.82, 2.24) is 0 Å². The number of ether oxygens (including phenoxy) is 2. The lowest BCUT2D eigenvalue weighted by Gasteiger charge is -2.10. The monoisotopic (exact) mass is 287 g/mol. The van der Waals surface area contributed by atoms with E-state index >= 15 is 0 Å². The van der Waals surface area contributed by atoms with E-state index in [1.54, 1.807) is 12.1 Å². The molecule has 1 aromatic rings. The number of aryl methyl sites for hydroxylation is 1. The van der Waals surface area contributed by atoms with E-state index in [1.165, 1.54) is 0 Å². The van der Waals surface area contributed by atoms with E-state index in [2.05, 4.69) is 15.9 Å². The molecule has 0 aliphatic carbocycles. The Morgan fingerprint density at radius 3 is 2.75 bits per heavy atom. The van der Waals surface area contributed by atoms with Crippen LogP contribution in [0.5, 0.6) is 5.75 Å². The van der Waals surface area contributed by atoms with Crippen LogP contribution in [0.25, 0.3) is 0 Å². The summed E-state index contributed by atoms with van der Waals surface area (Å²) in [5.74, 6) is 0.0825. The Balaban J connectivity index is 2.91. The van der Waals surface area contributed by atoms with E-state index < -0.39 is 5.91 Å². The molecule has 1 aromatic carbocycles. The van der Waals surface area contributed by atoms with Gasteiger partial charge in [0.05, 0.1) is 4.47 Å². The van der Waals surface area contributed by atoms with Gasteiger partial charge in [0.15, 0.2) is 6.79 Å². The fourth-order valence-electron chi connectivity index (χ4n) is 1.22. The molecule has 1 rings (SSSR count). The maximum absolute atomic E-state index is 11.1. The van der Waals surface area contributed by atoms with Gasteiger partial charge in [-0.05, 0) is 47.5 Å². The van der Waals surface area contributed by atoms with Gasteiger partial charge in [-0.15, -0.1) is 0 Å². The number of benzene rings is 1. The zero-order valence-electron chi connectivity index (χ0n) is 9.25. The van der Waals surface area contributed by atoms with Gasteiger partial charge in [0.1, 0.15) is 5.75 Å². The quantitative estimate of drug-likeness (QED) is 0.667. The first-order valence-corrected chi connectivity index (χ1v) is 5.66. The molecule has 0 saturated carbocycles. The molecule has 0 unspecified atom stereocenters. The van der Waals surface area contributed by atoms with Gasteiger partial charge in [0.25, 0.3) is 0 Å². The average molecular weight is 288 g/mol. The highest BCUT2D eigenvalue weighted by Gasteiger charge is 2.10. The van der Waals surface area contributed by atoms with Gasteiger partial charge in [-0.1, -0.05) is 0 Å². The van der Waals surface area contributed by atoms with E-state index in [1.807, 2.05) is 13.8 Å². The summed E-state index contributed by atoms with van der Waals surface area (Å²) in [6.45, 7) is 4.42. The van der Waals surface area contributed by atoms with E-state index in [9.17, 15) is 4.79 Å². The molecule has 0 saturated heterocycles. The third-order valence-corrected chi connectivity index (χ3v) is 2.67. The van der Waals surface area contributed by atoms with Gasteiger partial charge >= 0.3 is 0 Å². The molecule has 5 heteroatoms. The van der Waals surface area contributed by atoms with Crippen LogP contribution in [-0.4, -0.2) is 19.3 Å². The van der Waals surface area contributed by atoms with Crippen LogP contribution in [-0.2, 0) is 4.74 Å². The van der Waals surface area contributed by atoms with Crippen molar-refractivity contribution < 1.29 is 14.3 Å². The maximum atomic E-state index is 11.1. The molecule has 0 aliphatic heterocycles. The number of amides is 1. The summed E-state index contributed by atoms with van der Waals surface area (Å²) in [5, 5.41) is 0. The third-order valence-electron chi connectivity index (χ3n) is 2.05. The zero-order chi connectivity index (χ0) is 12.1. The third kappa shape index (κ3) is 3.21. The average Bonchev–Trinajstić information content (AvgIpc) is 2.21. The molecule has 0 bridgehead atoms. The maximum Gasteiger partial charge on any atom is 0.249 e. The summed E-state index contributed by atoms with van der Waals surface area (Å²) in [7, 11) is 0. The number of primary amides is 1. The van der Waals surface area contributed by atoms with Gasteiger partial charge in [-0.3, -0.25) is 4.79 Å². The van der Waals surface area contributed by atoms with Crippen molar-refractivity contribution in [2.75, 3.05) is 13.4 Å². The van der Waals surface area contributed by atoms with Crippen molar-refractivity contribution in [3.63, 3.8) is 0 Å². The Hall–Kier alpha value is -1.07. The van der Waals surface area contributed by atoms with E-state index in [4.69, 9.17) is 15.2 Å². The van der Waals surface area contributed by atoms with Gasteiger partial charge in [-0.2, -0.15) is 0 Å². The molecule has 16 heavy (non-hydrogen) atoms. The number of rotatable bonds is 5. The first kappa shape index (κ1) is 13.0. The van der Waals surface area contributed by atoms with Gasteiger partial charge in [0, 0.05) is 12.2 Å². The first-order chi connectivity index (χ1) is 7.56. The fraction of sp³-hybridized carbons (Fsp3) is 0.364. The zero-order valence-corrected chi connectivity index (χ0v) is 10.8. The topological polar surface area (TPSA) is 61.6 Å². The Morgan fingerprint density at radius 1 is 1.50 bits per heavy atom. The Bertz CT molecular complexity index is 393. The van der Waals surface area contributed by atoms with Crippen molar-refractivity contribution in [2.24, 2.45) is 5.73 Å². The van der Waals surface area contributed by atoms with Gasteiger partial charge < -0.3 is 15.2 Å². The van der Waals surface area contributed by atoms with E-state index in [0.717, 1.165) is 10.0 Å². The van der Waals surface area contributed by atoms with Crippen molar-refractivity contribution in [2.45, 2.75) is 13.8 Å². The Kier molecular flexibility index (Phi) is 4.76. The normalized spacial score (nSPS) is 10.2. The second-order valence-electron chi connectivity index (χ2n) is 3.22. The highest BCUT2D eigenvalue weighted by Crippen LogP contribution is 2.28. The van der Waals surface area contributed by atoms with Crippen molar-refractivity contribution in [3.05, 3.63) is 27.7 Å². The summed E-state index contributed by atoms with van der Waals surface area (Å²) < 4.78 is 11.2. The summed E-state index contributed by atoms with van der Waals surface area (Å²) >= 11 is 3.35. The molecular weight excluding hydrogens is 274 g/mol. The lowest BCUT2D eigenvalue weighted by Crippen LogP contribution is -2.13. The van der Waals surface area contributed by atoms with Gasteiger partial charge in [0.2, 0.25) is 5.91 Å². The highest BCUT2D eigenvalue weighted by molar-refractivity contribution is 9.10. The minimum Gasteiger partial charge on any atom is -0.466 e. The Morgan fingerprint density at radius 2 is 2.19 bits per heavy atom. The molecular formula is C11H14BrNO3. The number of nitrogens with two attached hydrogens (primary N) is 1. The molecule has 0 radical (unpaired) electrons. The molecule has 88 valence electrons. The van der Waals surface area contributed by atoms with Crippen LogP contribution in [0.1, 0.15) is 22.8 Å². The lowest BCUT2D eigenvalue weighted by molar-refractivity contribution is 0.0219. The number of halogens is 1. The Labute approximate surface area is 103 Å². The molecule has 1 amide bonds. The van der Waals surface area contributed by atoms with Crippen LogP contribution in [0.4, 0.5) is 0 Å². The number of carbonyl (C=O) groups is 1. The summed E-state index contributed by atoms with van der Waals surface area (Å²) in [6, 6.07) is 3.40. The predicted molar refractivity (Wildman–Crippen MR) is 64.5 cm³/mol. The smallest absolute Gasteiger partial charge is 0.249 e. The van der Waals surface area contributed by atoms with Crippen LogP contribution in [0.2, 0.25) is 0 Å². The highest BCUT2D eigenvalue weighted by atomic mass is 79.9. The van der Waals surface area contributed by atoms with Crippen LogP contribution in [0.3, 0.4) is 0 Å². The largest absolute Gasteiger partial charge is 0.466 e. The van der Waals surface area contributed by atoms with Crippen LogP contribution < -0.4 is 10.5 Å². The molecule has 0 spiro atoms. The molecule has 0 aliphatic rings. The van der Waals surface area contributed by atoms with E-state index in [0.29, 0.717) is 17.9 Å². The molecule has 2 N–H and O–H groups in total. The number of hydrogen-bond acceptors (Lipinski definition) is 3. The molecule has 0 aromatic heterocycles. The number of hydrogen-bond donors (Lipinski definition) is 1. The molecule has 0 fully saturated rings. The van der Waals surface area contributed by atoms with Crippen molar-refractivity contribution >= 4 is 21.8 Å². The van der Waals surface area contributed by atoms with Gasteiger partial charge in [-0.25, -0.2) is 0 Å². The fourth-order valence-corrected chi connectivity index (χ4v) is 1.79. The predicted octanol–water partition coefficient (Wildman–Crippen LogP) is 2.23. The van der Waals surface area contributed by atoms with Crippen molar-refractivity contribution in [1.29, 1.82) is 0 Å². The minimum absolute atomic E-state index is 0.149.